The van der Waals surface area contributed by atoms with Crippen LogP contribution in [0.3, 0.4) is 0 Å². The Morgan fingerprint density at radius 3 is 2.94 bits per heavy atom. The lowest BCUT2D eigenvalue weighted by atomic mass is 10.3. The molecule has 0 aliphatic rings. The van der Waals surface area contributed by atoms with Crippen LogP contribution in [-0.4, -0.2) is 37.2 Å². The summed E-state index contributed by atoms with van der Waals surface area (Å²) in [5.41, 5.74) is 3.30. The lowest BCUT2D eigenvalue weighted by molar-refractivity contribution is 0.158. The minimum Gasteiger partial charge on any atom is -0.383 e. The summed E-state index contributed by atoms with van der Waals surface area (Å²) < 4.78 is 5.00. The second kappa shape index (κ2) is 6.65. The van der Waals surface area contributed by atoms with Gasteiger partial charge in [-0.1, -0.05) is 11.6 Å². The average Bonchev–Trinajstić information content (AvgIpc) is 2.29. The van der Waals surface area contributed by atoms with Crippen LogP contribution in [0, 0.1) is 0 Å². The molecule has 90 valence electrons. The summed E-state index contributed by atoms with van der Waals surface area (Å²) in [5, 5.41) is 0.642. The maximum absolute atomic E-state index is 6.04. The molecule has 0 radical (unpaired) electrons. The van der Waals surface area contributed by atoms with Crippen LogP contribution in [-0.2, 0) is 11.3 Å². The van der Waals surface area contributed by atoms with E-state index in [1.165, 1.54) is 0 Å². The summed E-state index contributed by atoms with van der Waals surface area (Å²) in [6.07, 6.45) is 0. The van der Waals surface area contributed by atoms with E-state index in [2.05, 4.69) is 15.3 Å². The number of halogens is 1. The molecular formula is C10H17ClN4O. The summed E-state index contributed by atoms with van der Waals surface area (Å²) in [4.78, 5) is 6.37. The Hall–Kier alpha value is -0.880. The number of nitrogen functional groups attached to an aromatic ring is 1. The molecule has 1 heterocycles. The fourth-order valence-corrected chi connectivity index (χ4v) is 1.42. The minimum atomic E-state index is 0.611. The van der Waals surface area contributed by atoms with E-state index < -0.39 is 0 Å². The summed E-state index contributed by atoms with van der Waals surface area (Å²) in [6, 6.07) is 3.52. The number of aromatic nitrogens is 1. The zero-order chi connectivity index (χ0) is 12.0. The smallest absolute Gasteiger partial charge is 0.140 e. The van der Waals surface area contributed by atoms with Crippen molar-refractivity contribution in [3.05, 3.63) is 22.8 Å². The third-order valence-electron chi connectivity index (χ3n) is 2.16. The van der Waals surface area contributed by atoms with E-state index in [1.54, 1.807) is 19.2 Å². The molecule has 5 nitrogen and oxygen atoms in total. The second-order valence-corrected chi connectivity index (χ2v) is 3.91. The first-order valence-electron chi connectivity index (χ1n) is 4.97. The van der Waals surface area contributed by atoms with Gasteiger partial charge in [-0.05, 0) is 19.2 Å². The van der Waals surface area contributed by atoms with E-state index in [-0.39, 0.29) is 0 Å². The van der Waals surface area contributed by atoms with Crippen molar-refractivity contribution in [3.63, 3.8) is 0 Å². The Morgan fingerprint density at radius 1 is 1.56 bits per heavy atom. The van der Waals surface area contributed by atoms with Gasteiger partial charge in [0.1, 0.15) is 5.82 Å². The third-order valence-corrected chi connectivity index (χ3v) is 2.51. The molecule has 0 fully saturated rings. The number of hydrogen-bond donors (Lipinski definition) is 2. The number of anilines is 1. The summed E-state index contributed by atoms with van der Waals surface area (Å²) >= 11 is 6.04. The molecule has 0 bridgehead atoms. The molecule has 0 amide bonds. The van der Waals surface area contributed by atoms with Crippen LogP contribution in [0.5, 0.6) is 0 Å². The van der Waals surface area contributed by atoms with Gasteiger partial charge in [-0.3, -0.25) is 4.90 Å². The van der Waals surface area contributed by atoms with Gasteiger partial charge in [0.2, 0.25) is 0 Å². The number of nitrogens with zero attached hydrogens (tertiary/aromatic N) is 2. The number of likely N-dealkylation sites (N-methyl/N-ethyl adjacent to an activating group) is 1. The summed E-state index contributed by atoms with van der Waals surface area (Å²) in [6.45, 7) is 2.18. The highest BCUT2D eigenvalue weighted by molar-refractivity contribution is 6.31. The molecule has 6 heteroatoms. The maximum Gasteiger partial charge on any atom is 0.140 e. The Bertz CT molecular complexity index is 335. The summed E-state index contributed by atoms with van der Waals surface area (Å²) in [7, 11) is 3.66. The van der Waals surface area contributed by atoms with Gasteiger partial charge < -0.3 is 10.2 Å². The quantitative estimate of drug-likeness (QED) is 0.580. The van der Waals surface area contributed by atoms with Crippen molar-refractivity contribution < 1.29 is 4.74 Å². The van der Waals surface area contributed by atoms with E-state index in [1.807, 2.05) is 7.05 Å². The molecule has 0 aliphatic carbocycles. The number of nitrogens with one attached hydrogen (secondary N) is 1. The number of rotatable bonds is 6. The molecule has 1 rings (SSSR count). The molecule has 0 atom stereocenters. The number of hydrazine groups is 1. The van der Waals surface area contributed by atoms with Gasteiger partial charge in [-0.25, -0.2) is 10.8 Å². The van der Waals surface area contributed by atoms with Crippen molar-refractivity contribution in [2.45, 2.75) is 6.54 Å². The number of ether oxygens (including phenoxy) is 1. The van der Waals surface area contributed by atoms with Crippen molar-refractivity contribution in [2.75, 3.05) is 32.7 Å². The molecule has 0 saturated carbocycles. The molecule has 3 N–H and O–H groups in total. The van der Waals surface area contributed by atoms with Crippen LogP contribution >= 0.6 is 11.6 Å². The molecule has 1 aromatic heterocycles. The molecule has 0 spiro atoms. The van der Waals surface area contributed by atoms with Gasteiger partial charge in [0.15, 0.2) is 0 Å². The van der Waals surface area contributed by atoms with Crippen LogP contribution in [0.4, 0.5) is 5.82 Å². The van der Waals surface area contributed by atoms with Crippen molar-refractivity contribution >= 4 is 17.4 Å². The van der Waals surface area contributed by atoms with Crippen molar-refractivity contribution in [2.24, 2.45) is 5.84 Å². The van der Waals surface area contributed by atoms with Gasteiger partial charge >= 0.3 is 0 Å². The Morgan fingerprint density at radius 2 is 2.31 bits per heavy atom. The standard InChI is InChI=1S/C10H17ClN4O/c1-15(5-6-16-2)7-9-8(11)3-4-10(13-9)14-12/h3-4H,5-7,12H2,1-2H3,(H,13,14). The molecule has 16 heavy (non-hydrogen) atoms. The van der Waals surface area contributed by atoms with Gasteiger partial charge in [0.25, 0.3) is 0 Å². The van der Waals surface area contributed by atoms with Crippen molar-refractivity contribution in [1.29, 1.82) is 0 Å². The molecule has 0 aliphatic heterocycles. The fourth-order valence-electron chi connectivity index (χ4n) is 1.26. The number of hydrogen-bond acceptors (Lipinski definition) is 5. The van der Waals surface area contributed by atoms with Crippen LogP contribution in [0.1, 0.15) is 5.69 Å². The molecule has 1 aromatic rings. The first-order chi connectivity index (χ1) is 7.67. The predicted molar refractivity (Wildman–Crippen MR) is 65.3 cm³/mol. The van der Waals surface area contributed by atoms with Crippen LogP contribution in [0.2, 0.25) is 5.02 Å². The van der Waals surface area contributed by atoms with Gasteiger partial charge in [-0.15, -0.1) is 0 Å². The molecule has 0 unspecified atom stereocenters. The monoisotopic (exact) mass is 244 g/mol. The Kier molecular flexibility index (Phi) is 5.48. The van der Waals surface area contributed by atoms with E-state index >= 15 is 0 Å². The number of methoxy groups -OCH3 is 1. The second-order valence-electron chi connectivity index (χ2n) is 3.50. The van der Waals surface area contributed by atoms with Gasteiger partial charge in [-0.2, -0.15) is 0 Å². The van der Waals surface area contributed by atoms with E-state index in [0.29, 0.717) is 24.0 Å². The molecule has 0 aromatic carbocycles. The summed E-state index contributed by atoms with van der Waals surface area (Å²) in [5.74, 6) is 5.90. The minimum absolute atomic E-state index is 0.611. The molecular weight excluding hydrogens is 228 g/mol. The Labute approximate surface area is 101 Å². The first-order valence-corrected chi connectivity index (χ1v) is 5.34. The lowest BCUT2D eigenvalue weighted by Crippen LogP contribution is -2.23. The third kappa shape index (κ3) is 3.94. The molecule has 0 saturated heterocycles. The average molecular weight is 245 g/mol. The van der Waals surface area contributed by atoms with E-state index in [9.17, 15) is 0 Å². The Balaban J connectivity index is 2.64. The van der Waals surface area contributed by atoms with Crippen LogP contribution in [0.25, 0.3) is 0 Å². The zero-order valence-electron chi connectivity index (χ0n) is 9.53. The van der Waals surface area contributed by atoms with Crippen LogP contribution in [0.15, 0.2) is 12.1 Å². The zero-order valence-corrected chi connectivity index (χ0v) is 10.3. The fraction of sp³-hybridized carbons (Fsp3) is 0.500. The highest BCUT2D eigenvalue weighted by Crippen LogP contribution is 2.17. The van der Waals surface area contributed by atoms with E-state index in [4.69, 9.17) is 22.2 Å². The van der Waals surface area contributed by atoms with Crippen molar-refractivity contribution in [1.82, 2.24) is 9.88 Å². The predicted octanol–water partition coefficient (Wildman–Crippen LogP) is 1.10. The number of pyridine rings is 1. The first kappa shape index (κ1) is 13.2. The number of nitrogens with two attached hydrogens (primary N) is 1. The van der Waals surface area contributed by atoms with Crippen LogP contribution < -0.4 is 11.3 Å². The highest BCUT2D eigenvalue weighted by atomic mass is 35.5. The van der Waals surface area contributed by atoms with Gasteiger partial charge in [0, 0.05) is 20.2 Å². The van der Waals surface area contributed by atoms with E-state index in [0.717, 1.165) is 12.2 Å². The topological polar surface area (TPSA) is 63.4 Å². The van der Waals surface area contributed by atoms with Gasteiger partial charge in [0.05, 0.1) is 17.3 Å². The largest absolute Gasteiger partial charge is 0.383 e. The normalized spacial score (nSPS) is 10.8. The highest BCUT2D eigenvalue weighted by Gasteiger charge is 2.06. The SMILES string of the molecule is COCCN(C)Cc1nc(NN)ccc1Cl. The van der Waals surface area contributed by atoms with Crippen molar-refractivity contribution in [3.8, 4) is 0 Å². The lowest BCUT2D eigenvalue weighted by Gasteiger charge is -2.16. The maximum atomic E-state index is 6.04.